The normalized spacial score (nSPS) is 21.5. The van der Waals surface area contributed by atoms with Gasteiger partial charge in [-0.25, -0.2) is 0 Å². The number of hydrogen-bond donors (Lipinski definition) is 1. The molecule has 1 heterocycles. The van der Waals surface area contributed by atoms with Crippen molar-refractivity contribution in [3.8, 4) is 0 Å². The van der Waals surface area contributed by atoms with Crippen LogP contribution in [0, 0.1) is 5.92 Å². The maximum atomic E-state index is 11.3. The van der Waals surface area contributed by atoms with Gasteiger partial charge in [-0.15, -0.1) is 0 Å². The summed E-state index contributed by atoms with van der Waals surface area (Å²) in [6.07, 6.45) is 1.19. The molecule has 1 aliphatic heterocycles. The van der Waals surface area contributed by atoms with Crippen molar-refractivity contribution in [3.63, 3.8) is 0 Å². The Morgan fingerprint density at radius 2 is 1.94 bits per heavy atom. The van der Waals surface area contributed by atoms with Crippen LogP contribution in [-0.2, 0) is 10.8 Å². The number of nitrogens with one attached hydrogen (secondary N) is 1. The lowest BCUT2D eigenvalue weighted by atomic mass is 10.0. The Kier molecular flexibility index (Phi) is 6.54. The molecule has 1 rings (SSSR count). The monoisotopic (exact) mass is 246 g/mol. The molecule has 0 amide bonds. The van der Waals surface area contributed by atoms with Gasteiger partial charge in [-0.2, -0.15) is 0 Å². The molecule has 0 aromatic carbocycles. The second kappa shape index (κ2) is 7.41. The zero-order valence-corrected chi connectivity index (χ0v) is 11.7. The van der Waals surface area contributed by atoms with Crippen molar-refractivity contribution in [2.45, 2.75) is 33.2 Å². The van der Waals surface area contributed by atoms with Crippen LogP contribution in [0.15, 0.2) is 0 Å². The summed E-state index contributed by atoms with van der Waals surface area (Å²) in [5, 5.41) is 3.51. The molecule has 1 N–H and O–H groups in total. The molecule has 0 aromatic heterocycles. The zero-order chi connectivity index (χ0) is 12.0. The minimum absolute atomic E-state index is 0.560. The van der Waals surface area contributed by atoms with Crippen molar-refractivity contribution in [3.05, 3.63) is 0 Å². The summed E-state index contributed by atoms with van der Waals surface area (Å²) in [5.74, 6) is 2.38. The van der Waals surface area contributed by atoms with Crippen molar-refractivity contribution in [2.24, 2.45) is 5.92 Å². The lowest BCUT2D eigenvalue weighted by Gasteiger charge is -2.36. The van der Waals surface area contributed by atoms with Gasteiger partial charge in [0.1, 0.15) is 0 Å². The molecule has 96 valence electrons. The van der Waals surface area contributed by atoms with Crippen LogP contribution in [0.2, 0.25) is 0 Å². The quantitative estimate of drug-likeness (QED) is 0.712. The standard InChI is InChI=1S/C12H26N2OS/c1-4-5-13-10-12(11(2)3)14-6-8-16(15)9-7-14/h11-13H,4-10H2,1-3H3. The summed E-state index contributed by atoms with van der Waals surface area (Å²) >= 11 is 0. The van der Waals surface area contributed by atoms with Crippen LogP contribution < -0.4 is 5.32 Å². The summed E-state index contributed by atoms with van der Waals surface area (Å²) in [5.41, 5.74) is 0. The molecule has 1 aliphatic rings. The maximum absolute atomic E-state index is 11.3. The molecular weight excluding hydrogens is 220 g/mol. The van der Waals surface area contributed by atoms with E-state index in [1.807, 2.05) is 0 Å². The molecule has 0 radical (unpaired) electrons. The number of rotatable bonds is 6. The van der Waals surface area contributed by atoms with E-state index in [1.54, 1.807) is 0 Å². The van der Waals surface area contributed by atoms with Gasteiger partial charge in [0.2, 0.25) is 0 Å². The van der Waals surface area contributed by atoms with E-state index < -0.39 is 10.8 Å². The molecule has 0 saturated carbocycles. The molecule has 1 atom stereocenters. The summed E-state index contributed by atoms with van der Waals surface area (Å²) in [4.78, 5) is 2.51. The maximum Gasteiger partial charge on any atom is 0.0363 e. The molecule has 1 saturated heterocycles. The van der Waals surface area contributed by atoms with Crippen molar-refractivity contribution < 1.29 is 4.21 Å². The van der Waals surface area contributed by atoms with Gasteiger partial charge in [-0.3, -0.25) is 9.11 Å². The Labute approximate surface area is 102 Å². The predicted octanol–water partition coefficient (Wildman–Crippen LogP) is 1.07. The Balaban J connectivity index is 2.39. The smallest absolute Gasteiger partial charge is 0.0363 e. The van der Waals surface area contributed by atoms with E-state index in [2.05, 4.69) is 31.0 Å². The van der Waals surface area contributed by atoms with E-state index in [1.165, 1.54) is 6.42 Å². The Bertz CT molecular complexity index is 211. The first kappa shape index (κ1) is 14.1. The van der Waals surface area contributed by atoms with Crippen molar-refractivity contribution in [2.75, 3.05) is 37.7 Å². The fraction of sp³-hybridized carbons (Fsp3) is 1.00. The van der Waals surface area contributed by atoms with Crippen LogP contribution in [0.1, 0.15) is 27.2 Å². The Morgan fingerprint density at radius 3 is 2.44 bits per heavy atom. The number of nitrogens with zero attached hydrogens (tertiary/aromatic N) is 1. The summed E-state index contributed by atoms with van der Waals surface area (Å²) in [7, 11) is -0.560. The first-order valence-electron chi connectivity index (χ1n) is 6.45. The molecule has 1 unspecified atom stereocenters. The van der Waals surface area contributed by atoms with E-state index in [0.717, 1.165) is 37.7 Å². The fourth-order valence-electron chi connectivity index (χ4n) is 2.20. The molecule has 4 heteroatoms. The van der Waals surface area contributed by atoms with E-state index in [4.69, 9.17) is 0 Å². The van der Waals surface area contributed by atoms with Crippen molar-refractivity contribution >= 4 is 10.8 Å². The summed E-state index contributed by atoms with van der Waals surface area (Å²) in [6.45, 7) is 10.9. The van der Waals surface area contributed by atoms with E-state index in [-0.39, 0.29) is 0 Å². The van der Waals surface area contributed by atoms with E-state index in [9.17, 15) is 4.21 Å². The van der Waals surface area contributed by atoms with Gasteiger partial charge in [0.25, 0.3) is 0 Å². The first-order chi connectivity index (χ1) is 7.65. The zero-order valence-electron chi connectivity index (χ0n) is 10.9. The molecule has 0 bridgehead atoms. The average molecular weight is 246 g/mol. The van der Waals surface area contributed by atoms with Gasteiger partial charge >= 0.3 is 0 Å². The molecular formula is C12H26N2OS. The predicted molar refractivity (Wildman–Crippen MR) is 71.2 cm³/mol. The highest BCUT2D eigenvalue weighted by atomic mass is 32.2. The average Bonchev–Trinajstić information content (AvgIpc) is 2.26. The van der Waals surface area contributed by atoms with Crippen molar-refractivity contribution in [1.82, 2.24) is 10.2 Å². The molecule has 0 aliphatic carbocycles. The molecule has 0 aromatic rings. The molecule has 16 heavy (non-hydrogen) atoms. The van der Waals surface area contributed by atoms with Gasteiger partial charge in [0.05, 0.1) is 0 Å². The van der Waals surface area contributed by atoms with E-state index >= 15 is 0 Å². The lowest BCUT2D eigenvalue weighted by molar-refractivity contribution is 0.165. The van der Waals surface area contributed by atoms with Crippen molar-refractivity contribution in [1.29, 1.82) is 0 Å². The van der Waals surface area contributed by atoms with Crippen LogP contribution in [0.3, 0.4) is 0 Å². The molecule has 1 fully saturated rings. The Hall–Kier alpha value is 0.0700. The highest BCUT2D eigenvalue weighted by Gasteiger charge is 2.24. The first-order valence-corrected chi connectivity index (χ1v) is 7.93. The lowest BCUT2D eigenvalue weighted by Crippen LogP contribution is -2.50. The highest BCUT2D eigenvalue weighted by molar-refractivity contribution is 7.85. The van der Waals surface area contributed by atoms with Gasteiger partial charge in [0, 0.05) is 48.0 Å². The van der Waals surface area contributed by atoms with Crippen LogP contribution in [0.25, 0.3) is 0 Å². The van der Waals surface area contributed by atoms with E-state index in [0.29, 0.717) is 12.0 Å². The highest BCUT2D eigenvalue weighted by Crippen LogP contribution is 2.13. The third-order valence-corrected chi connectivity index (χ3v) is 4.51. The number of hydrogen-bond acceptors (Lipinski definition) is 3. The second-order valence-corrected chi connectivity index (χ2v) is 6.60. The third kappa shape index (κ3) is 4.52. The minimum atomic E-state index is -0.560. The summed E-state index contributed by atoms with van der Waals surface area (Å²) < 4.78 is 11.3. The topological polar surface area (TPSA) is 32.3 Å². The summed E-state index contributed by atoms with van der Waals surface area (Å²) in [6, 6.07) is 0.601. The molecule has 3 nitrogen and oxygen atoms in total. The van der Waals surface area contributed by atoms with Gasteiger partial charge in [0.15, 0.2) is 0 Å². The molecule has 0 spiro atoms. The fourth-order valence-corrected chi connectivity index (χ4v) is 3.28. The van der Waals surface area contributed by atoms with Gasteiger partial charge in [-0.1, -0.05) is 20.8 Å². The van der Waals surface area contributed by atoms with Gasteiger partial charge in [-0.05, 0) is 18.9 Å². The SMILES string of the molecule is CCCNCC(C(C)C)N1CCS(=O)CC1. The second-order valence-electron chi connectivity index (χ2n) is 4.90. The van der Waals surface area contributed by atoms with Crippen LogP contribution in [-0.4, -0.2) is 52.8 Å². The van der Waals surface area contributed by atoms with Crippen LogP contribution in [0.5, 0.6) is 0 Å². The van der Waals surface area contributed by atoms with Gasteiger partial charge < -0.3 is 5.32 Å². The van der Waals surface area contributed by atoms with Crippen LogP contribution >= 0.6 is 0 Å². The Morgan fingerprint density at radius 1 is 1.31 bits per heavy atom. The largest absolute Gasteiger partial charge is 0.315 e. The third-order valence-electron chi connectivity index (χ3n) is 3.23. The van der Waals surface area contributed by atoms with Crippen LogP contribution in [0.4, 0.5) is 0 Å². The minimum Gasteiger partial charge on any atom is -0.315 e.